The lowest BCUT2D eigenvalue weighted by molar-refractivity contribution is 0.354. The van der Waals surface area contributed by atoms with Gasteiger partial charge in [0.1, 0.15) is 5.69 Å². The molecule has 0 saturated heterocycles. The average molecular weight is 409 g/mol. The van der Waals surface area contributed by atoms with Crippen molar-refractivity contribution in [1.29, 1.82) is 0 Å². The Labute approximate surface area is 181 Å². The lowest BCUT2D eigenvalue weighted by Crippen LogP contribution is -2.30. The molecule has 1 unspecified atom stereocenters. The normalized spacial score (nSPS) is 17.2. The fraction of sp³-hybridized carbons (Fsp3) is 0.154. The third kappa shape index (κ3) is 3.19. The van der Waals surface area contributed by atoms with E-state index in [1.54, 1.807) is 20.4 Å². The number of fused-ring (bicyclic) bond motifs is 1. The molecular formula is C26H23N3O2. The predicted molar refractivity (Wildman–Crippen MR) is 121 cm³/mol. The third-order valence-corrected chi connectivity index (χ3v) is 6.00. The molecule has 2 heterocycles. The lowest BCUT2D eigenvalue weighted by atomic mass is 9.68. The van der Waals surface area contributed by atoms with Gasteiger partial charge in [-0.1, -0.05) is 48.6 Å². The molecule has 5 heteroatoms. The van der Waals surface area contributed by atoms with Crippen molar-refractivity contribution in [3.8, 4) is 22.8 Å². The molecule has 154 valence electrons. The molecule has 2 aromatic carbocycles. The molecular weight excluding hydrogens is 386 g/mol. The summed E-state index contributed by atoms with van der Waals surface area (Å²) < 4.78 is 11.1. The van der Waals surface area contributed by atoms with Crippen molar-refractivity contribution in [1.82, 2.24) is 15.2 Å². The van der Waals surface area contributed by atoms with Crippen LogP contribution in [0.3, 0.4) is 0 Å². The van der Waals surface area contributed by atoms with Crippen LogP contribution in [-0.2, 0) is 11.8 Å². The molecule has 1 atom stereocenters. The lowest BCUT2D eigenvalue weighted by Gasteiger charge is -2.35. The number of nitrogens with zero attached hydrogens (tertiary/aromatic N) is 2. The Kier molecular flexibility index (Phi) is 4.79. The summed E-state index contributed by atoms with van der Waals surface area (Å²) in [6, 6.07) is 20.7. The molecule has 2 aromatic heterocycles. The van der Waals surface area contributed by atoms with E-state index in [9.17, 15) is 0 Å². The summed E-state index contributed by atoms with van der Waals surface area (Å²) in [5, 5.41) is 7.91. The van der Waals surface area contributed by atoms with Crippen LogP contribution in [0.2, 0.25) is 0 Å². The van der Waals surface area contributed by atoms with E-state index in [4.69, 9.17) is 9.47 Å². The number of pyridine rings is 1. The topological polar surface area (TPSA) is 60.0 Å². The second-order valence-electron chi connectivity index (χ2n) is 7.62. The maximum absolute atomic E-state index is 5.60. The fourth-order valence-electron chi connectivity index (χ4n) is 4.40. The first-order valence-electron chi connectivity index (χ1n) is 10.2. The number of rotatable bonds is 5. The van der Waals surface area contributed by atoms with Gasteiger partial charge in [0.25, 0.3) is 0 Å². The molecule has 5 nitrogen and oxygen atoms in total. The number of hydrogen-bond acceptors (Lipinski definition) is 4. The smallest absolute Gasteiger partial charge is 0.161 e. The van der Waals surface area contributed by atoms with Crippen molar-refractivity contribution in [2.75, 3.05) is 14.2 Å². The molecule has 0 fully saturated rings. The van der Waals surface area contributed by atoms with Crippen molar-refractivity contribution in [3.63, 3.8) is 0 Å². The van der Waals surface area contributed by atoms with Gasteiger partial charge in [-0.3, -0.25) is 10.1 Å². The first kappa shape index (κ1) is 19.1. The number of ether oxygens (including phenoxy) is 2. The number of hydrogen-bond donors (Lipinski definition) is 1. The van der Waals surface area contributed by atoms with Crippen LogP contribution in [0.1, 0.15) is 22.4 Å². The minimum absolute atomic E-state index is 0.355. The third-order valence-electron chi connectivity index (χ3n) is 6.00. The first-order valence-corrected chi connectivity index (χ1v) is 10.2. The van der Waals surface area contributed by atoms with E-state index in [1.165, 1.54) is 5.56 Å². The van der Waals surface area contributed by atoms with Crippen LogP contribution in [0, 0.1) is 0 Å². The molecule has 4 aromatic rings. The number of H-pyrrole nitrogens is 1. The highest BCUT2D eigenvalue weighted by Gasteiger charge is 2.37. The second-order valence-corrected chi connectivity index (χ2v) is 7.62. The van der Waals surface area contributed by atoms with Crippen LogP contribution in [-0.4, -0.2) is 29.4 Å². The van der Waals surface area contributed by atoms with Crippen LogP contribution in [0.5, 0.6) is 11.5 Å². The molecule has 1 N–H and O–H groups in total. The van der Waals surface area contributed by atoms with Gasteiger partial charge in [0.05, 0.1) is 14.2 Å². The van der Waals surface area contributed by atoms with Gasteiger partial charge in [0, 0.05) is 41.1 Å². The van der Waals surface area contributed by atoms with Gasteiger partial charge in [0.15, 0.2) is 11.5 Å². The van der Waals surface area contributed by atoms with E-state index in [0.717, 1.165) is 46.0 Å². The Morgan fingerprint density at radius 2 is 1.74 bits per heavy atom. The zero-order valence-corrected chi connectivity index (χ0v) is 17.5. The molecule has 1 aliphatic rings. The summed E-state index contributed by atoms with van der Waals surface area (Å²) in [4.78, 5) is 4.25. The van der Waals surface area contributed by atoms with Gasteiger partial charge in [-0.25, -0.2) is 0 Å². The monoisotopic (exact) mass is 409 g/mol. The summed E-state index contributed by atoms with van der Waals surface area (Å²) in [6.45, 7) is 0. The molecule has 31 heavy (non-hydrogen) atoms. The number of methoxy groups -OCH3 is 2. The molecule has 0 bridgehead atoms. The Bertz CT molecular complexity index is 1230. The average Bonchev–Trinajstić information content (AvgIpc) is 3.27. The molecule has 5 rings (SSSR count). The zero-order valence-electron chi connectivity index (χ0n) is 17.5. The standard InChI is InChI=1S/C26H23N3O2/c1-30-23-11-10-20(15-24(23)31-2)26(19-8-4-3-5-9-19)13-12-21-22(16-26)28-29-25(21)18-7-6-14-27-17-18/h3-15,17H,16H2,1-2H3,(H,28,29). The number of benzene rings is 2. The summed E-state index contributed by atoms with van der Waals surface area (Å²) in [6.07, 6.45) is 8.83. The summed E-state index contributed by atoms with van der Waals surface area (Å²) in [7, 11) is 3.32. The van der Waals surface area contributed by atoms with Crippen molar-refractivity contribution in [2.24, 2.45) is 0 Å². The van der Waals surface area contributed by atoms with Crippen LogP contribution < -0.4 is 9.47 Å². The largest absolute Gasteiger partial charge is 0.493 e. The van der Waals surface area contributed by atoms with Gasteiger partial charge in [-0.2, -0.15) is 5.10 Å². The van der Waals surface area contributed by atoms with Gasteiger partial charge in [0.2, 0.25) is 0 Å². The number of aromatic amines is 1. The summed E-state index contributed by atoms with van der Waals surface area (Å²) in [5.41, 5.74) is 6.13. The summed E-state index contributed by atoms with van der Waals surface area (Å²) in [5.74, 6) is 1.44. The van der Waals surface area contributed by atoms with Crippen LogP contribution in [0.4, 0.5) is 0 Å². The van der Waals surface area contributed by atoms with Gasteiger partial charge < -0.3 is 9.47 Å². The molecule has 0 radical (unpaired) electrons. The van der Waals surface area contributed by atoms with Crippen LogP contribution in [0.15, 0.2) is 79.1 Å². The van der Waals surface area contributed by atoms with Gasteiger partial charge in [-0.05, 0) is 35.4 Å². The van der Waals surface area contributed by atoms with Gasteiger partial charge in [-0.15, -0.1) is 0 Å². The van der Waals surface area contributed by atoms with Crippen molar-refractivity contribution in [3.05, 3.63) is 102 Å². The fourth-order valence-corrected chi connectivity index (χ4v) is 4.40. The van der Waals surface area contributed by atoms with Crippen molar-refractivity contribution >= 4 is 6.08 Å². The maximum Gasteiger partial charge on any atom is 0.161 e. The van der Waals surface area contributed by atoms with Gasteiger partial charge >= 0.3 is 0 Å². The SMILES string of the molecule is COc1ccc(C2(c3ccccc3)C=Cc3c(-c4cccnc4)n[nH]c3C2)cc1OC. The molecule has 0 saturated carbocycles. The van der Waals surface area contributed by atoms with E-state index >= 15 is 0 Å². The highest BCUT2D eigenvalue weighted by atomic mass is 16.5. The maximum atomic E-state index is 5.60. The number of allylic oxidation sites excluding steroid dienone is 1. The Balaban J connectivity index is 1.66. The number of nitrogens with one attached hydrogen (secondary N) is 1. The highest BCUT2D eigenvalue weighted by Crippen LogP contribution is 2.44. The summed E-state index contributed by atoms with van der Waals surface area (Å²) >= 11 is 0. The minimum atomic E-state index is -0.355. The number of aromatic nitrogens is 3. The van der Waals surface area contributed by atoms with E-state index in [0.29, 0.717) is 0 Å². The molecule has 1 aliphatic carbocycles. The van der Waals surface area contributed by atoms with E-state index in [2.05, 4.69) is 63.7 Å². The van der Waals surface area contributed by atoms with Crippen molar-refractivity contribution in [2.45, 2.75) is 11.8 Å². The predicted octanol–water partition coefficient (Wildman–Crippen LogP) is 5.04. The Morgan fingerprint density at radius 3 is 2.48 bits per heavy atom. The highest BCUT2D eigenvalue weighted by molar-refractivity contribution is 5.76. The molecule has 0 amide bonds. The zero-order chi connectivity index (χ0) is 21.3. The van der Waals surface area contributed by atoms with E-state index < -0.39 is 0 Å². The van der Waals surface area contributed by atoms with E-state index in [1.807, 2.05) is 30.5 Å². The molecule has 0 aliphatic heterocycles. The molecule has 0 spiro atoms. The second kappa shape index (κ2) is 7.76. The van der Waals surface area contributed by atoms with Crippen molar-refractivity contribution < 1.29 is 9.47 Å². The Hall–Kier alpha value is -3.86. The minimum Gasteiger partial charge on any atom is -0.493 e. The first-order chi connectivity index (χ1) is 15.2. The quantitative estimate of drug-likeness (QED) is 0.501. The van der Waals surface area contributed by atoms with Crippen LogP contribution in [0.25, 0.3) is 17.3 Å². The van der Waals surface area contributed by atoms with E-state index in [-0.39, 0.29) is 5.41 Å². The Morgan fingerprint density at radius 1 is 0.903 bits per heavy atom. The van der Waals surface area contributed by atoms with Crippen LogP contribution >= 0.6 is 0 Å².